The number of carbonyl (C=O) groups excluding carboxylic acids is 1. The van der Waals surface area contributed by atoms with Crippen molar-refractivity contribution < 1.29 is 19.4 Å². The Morgan fingerprint density at radius 1 is 1.20 bits per heavy atom. The Labute approximate surface area is 237 Å². The summed E-state index contributed by atoms with van der Waals surface area (Å²) in [6.45, 7) is 7.87. The van der Waals surface area contributed by atoms with Crippen molar-refractivity contribution in [2.45, 2.75) is 65.0 Å². The molecule has 9 nitrogen and oxygen atoms in total. The van der Waals surface area contributed by atoms with Gasteiger partial charge in [0.1, 0.15) is 5.75 Å². The standard InChI is InChI=1S/C31H43N5O4/c1-22(2)19-36-20-25(17-34-36)16-32-18-30(37)29-14-23-7-6-8-28(13-23)40-10-5-4-9-33-27-12-24(21-39-3)11-26(15-27)31(38)35-29/h6-8,11-13,15,17,20,22,29-30,32-33,37H,4-5,9-10,14,16,18-19,21H2,1-3H3,(H,35,38)/t29-,30+/m0/s1. The van der Waals surface area contributed by atoms with Gasteiger partial charge in [0.15, 0.2) is 0 Å². The topological polar surface area (TPSA) is 110 Å². The van der Waals surface area contributed by atoms with Crippen LogP contribution in [0.1, 0.15) is 53.7 Å². The van der Waals surface area contributed by atoms with Crippen molar-refractivity contribution in [2.75, 3.05) is 32.1 Å². The Hall–Kier alpha value is -3.40. The molecular weight excluding hydrogens is 506 g/mol. The molecule has 0 saturated carbocycles. The van der Waals surface area contributed by atoms with Gasteiger partial charge >= 0.3 is 0 Å². The number of rotatable bonds is 9. The maximum absolute atomic E-state index is 13.5. The highest BCUT2D eigenvalue weighted by Crippen LogP contribution is 2.20. The fourth-order valence-electron chi connectivity index (χ4n) is 4.85. The van der Waals surface area contributed by atoms with Crippen LogP contribution in [0.15, 0.2) is 54.9 Å². The second kappa shape index (κ2) is 14.8. The summed E-state index contributed by atoms with van der Waals surface area (Å²) in [7, 11) is 1.64. The molecule has 0 aliphatic carbocycles. The maximum Gasteiger partial charge on any atom is 0.251 e. The molecule has 4 bridgehead atoms. The van der Waals surface area contributed by atoms with Gasteiger partial charge in [0.2, 0.25) is 0 Å². The molecule has 9 heteroatoms. The van der Waals surface area contributed by atoms with E-state index in [9.17, 15) is 9.90 Å². The number of nitrogens with one attached hydrogen (secondary N) is 3. The number of hydrogen-bond donors (Lipinski definition) is 4. The number of anilines is 1. The first-order valence-corrected chi connectivity index (χ1v) is 14.2. The Kier molecular flexibility index (Phi) is 11.0. The van der Waals surface area contributed by atoms with E-state index in [1.54, 1.807) is 7.11 Å². The van der Waals surface area contributed by atoms with Crippen LogP contribution in [0.2, 0.25) is 0 Å². The predicted molar refractivity (Wildman–Crippen MR) is 157 cm³/mol. The minimum Gasteiger partial charge on any atom is -0.494 e. The Morgan fingerprint density at radius 3 is 2.90 bits per heavy atom. The van der Waals surface area contributed by atoms with Gasteiger partial charge in [-0.05, 0) is 66.6 Å². The molecule has 0 radical (unpaired) electrons. The van der Waals surface area contributed by atoms with Gasteiger partial charge in [-0.2, -0.15) is 5.10 Å². The largest absolute Gasteiger partial charge is 0.494 e. The quantitative estimate of drug-likeness (QED) is 0.322. The number of methoxy groups -OCH3 is 1. The first-order chi connectivity index (χ1) is 19.4. The van der Waals surface area contributed by atoms with E-state index in [1.165, 1.54) is 0 Å². The number of carbonyl (C=O) groups is 1. The average molecular weight is 550 g/mol. The van der Waals surface area contributed by atoms with Gasteiger partial charge in [0.05, 0.1) is 31.6 Å². The highest BCUT2D eigenvalue weighted by Gasteiger charge is 2.23. The second-order valence-corrected chi connectivity index (χ2v) is 10.9. The highest BCUT2D eigenvalue weighted by atomic mass is 16.5. The van der Waals surface area contributed by atoms with Gasteiger partial charge < -0.3 is 30.5 Å². The van der Waals surface area contributed by atoms with E-state index < -0.39 is 12.1 Å². The molecule has 1 aliphatic heterocycles. The zero-order chi connectivity index (χ0) is 28.3. The van der Waals surface area contributed by atoms with Crippen LogP contribution in [-0.2, 0) is 30.9 Å². The number of aliphatic hydroxyl groups is 1. The molecule has 1 aliphatic rings. The summed E-state index contributed by atoms with van der Waals surface area (Å²) < 4.78 is 13.3. The van der Waals surface area contributed by atoms with Crippen LogP contribution in [0.4, 0.5) is 5.69 Å². The molecule has 4 N–H and O–H groups in total. The minimum absolute atomic E-state index is 0.237. The van der Waals surface area contributed by atoms with Gasteiger partial charge in [-0.1, -0.05) is 26.0 Å². The highest BCUT2D eigenvalue weighted by molar-refractivity contribution is 5.95. The summed E-state index contributed by atoms with van der Waals surface area (Å²) in [6.07, 6.45) is 5.36. The van der Waals surface area contributed by atoms with Crippen LogP contribution in [0.3, 0.4) is 0 Å². The molecule has 1 aromatic heterocycles. The van der Waals surface area contributed by atoms with E-state index in [1.807, 2.05) is 59.5 Å². The molecular formula is C31H43N5O4. The number of nitrogens with zero attached hydrogens (tertiary/aromatic N) is 2. The van der Waals surface area contributed by atoms with E-state index in [-0.39, 0.29) is 5.91 Å². The molecule has 2 aromatic carbocycles. The van der Waals surface area contributed by atoms with Gasteiger partial charge in [0, 0.05) is 56.3 Å². The smallest absolute Gasteiger partial charge is 0.251 e. The van der Waals surface area contributed by atoms with Crippen molar-refractivity contribution in [3.63, 3.8) is 0 Å². The lowest BCUT2D eigenvalue weighted by atomic mass is 9.99. The fourth-order valence-corrected chi connectivity index (χ4v) is 4.85. The second-order valence-electron chi connectivity index (χ2n) is 10.9. The van der Waals surface area contributed by atoms with Crippen LogP contribution >= 0.6 is 0 Å². The van der Waals surface area contributed by atoms with Gasteiger partial charge in [0.25, 0.3) is 5.91 Å². The van der Waals surface area contributed by atoms with Crippen LogP contribution in [0.25, 0.3) is 0 Å². The maximum atomic E-state index is 13.5. The number of aliphatic hydroxyl groups excluding tert-OH is 1. The number of ether oxygens (including phenoxy) is 2. The molecule has 216 valence electrons. The van der Waals surface area contributed by atoms with Gasteiger partial charge in [-0.15, -0.1) is 0 Å². The number of benzene rings is 2. The third-order valence-electron chi connectivity index (χ3n) is 6.79. The molecule has 1 amide bonds. The number of fused-ring (bicyclic) bond motifs is 4. The Morgan fingerprint density at radius 2 is 2.08 bits per heavy atom. The normalized spacial score (nSPS) is 17.1. The summed E-state index contributed by atoms with van der Waals surface area (Å²) in [5.74, 6) is 1.07. The molecule has 3 aromatic rings. The molecule has 0 spiro atoms. The number of aromatic nitrogens is 2. The van der Waals surface area contributed by atoms with E-state index in [4.69, 9.17) is 9.47 Å². The third kappa shape index (κ3) is 9.08. The van der Waals surface area contributed by atoms with E-state index in [0.717, 1.165) is 54.1 Å². The summed E-state index contributed by atoms with van der Waals surface area (Å²) in [6, 6.07) is 13.1. The SMILES string of the molecule is COCc1cc2cc(c1)C(=O)N[C@H]([C@H](O)CNCc1cnn(CC(C)C)c1)Cc1cccc(c1)OCCCCN2. The Balaban J connectivity index is 1.51. The summed E-state index contributed by atoms with van der Waals surface area (Å²) in [5, 5.41) is 25.5. The van der Waals surface area contributed by atoms with Crippen LogP contribution in [0, 0.1) is 5.92 Å². The van der Waals surface area contributed by atoms with Crippen LogP contribution in [0.5, 0.6) is 5.75 Å². The fraction of sp³-hybridized carbons (Fsp3) is 0.484. The van der Waals surface area contributed by atoms with Crippen molar-refractivity contribution in [3.8, 4) is 5.75 Å². The lowest BCUT2D eigenvalue weighted by molar-refractivity contribution is 0.0829. The number of amides is 1. The van der Waals surface area contributed by atoms with Crippen molar-refractivity contribution in [1.29, 1.82) is 0 Å². The minimum atomic E-state index is -0.821. The number of hydrogen-bond acceptors (Lipinski definition) is 7. The lowest BCUT2D eigenvalue weighted by Crippen LogP contribution is -2.48. The van der Waals surface area contributed by atoms with Crippen LogP contribution in [-0.4, -0.2) is 59.7 Å². The predicted octanol–water partition coefficient (Wildman–Crippen LogP) is 3.76. The molecule has 0 fully saturated rings. The molecule has 2 atom stereocenters. The van der Waals surface area contributed by atoms with Crippen molar-refractivity contribution in [2.24, 2.45) is 5.92 Å². The van der Waals surface area contributed by atoms with E-state index in [2.05, 4.69) is 34.9 Å². The zero-order valence-corrected chi connectivity index (χ0v) is 23.9. The summed E-state index contributed by atoms with van der Waals surface area (Å²) in [5.41, 5.74) is 4.35. The van der Waals surface area contributed by atoms with Crippen molar-refractivity contribution in [1.82, 2.24) is 20.4 Å². The van der Waals surface area contributed by atoms with Crippen molar-refractivity contribution in [3.05, 3.63) is 77.1 Å². The van der Waals surface area contributed by atoms with Crippen molar-refractivity contribution >= 4 is 11.6 Å². The average Bonchev–Trinajstić information content (AvgIpc) is 3.36. The van der Waals surface area contributed by atoms with Crippen LogP contribution < -0.4 is 20.7 Å². The first-order valence-electron chi connectivity index (χ1n) is 14.2. The monoisotopic (exact) mass is 549 g/mol. The molecule has 4 rings (SSSR count). The van der Waals surface area contributed by atoms with E-state index in [0.29, 0.717) is 44.2 Å². The molecule has 40 heavy (non-hydrogen) atoms. The van der Waals surface area contributed by atoms with Gasteiger partial charge in [-0.25, -0.2) is 0 Å². The third-order valence-corrected chi connectivity index (χ3v) is 6.79. The summed E-state index contributed by atoms with van der Waals surface area (Å²) >= 11 is 0. The molecule has 0 saturated heterocycles. The summed E-state index contributed by atoms with van der Waals surface area (Å²) in [4.78, 5) is 13.5. The molecule has 2 heterocycles. The molecule has 0 unspecified atom stereocenters. The first kappa shape index (κ1) is 29.6. The van der Waals surface area contributed by atoms with Gasteiger partial charge in [-0.3, -0.25) is 9.48 Å². The lowest BCUT2D eigenvalue weighted by Gasteiger charge is -2.25. The zero-order valence-electron chi connectivity index (χ0n) is 23.9. The van der Waals surface area contributed by atoms with E-state index >= 15 is 0 Å². The Bertz CT molecular complexity index is 1230.